The normalized spacial score (nSPS) is 20.2. The average molecular weight is 409 g/mol. The fraction of sp³-hybridized carbons (Fsp3) is 0.714. The Morgan fingerprint density at radius 2 is 2.03 bits per heavy atom. The Morgan fingerprint density at radius 3 is 2.72 bits per heavy atom. The number of nitro groups is 1. The molecule has 2 rings (SSSR count). The molecular formula is C21H36N4O4. The lowest BCUT2D eigenvalue weighted by Crippen LogP contribution is -2.46. The molecule has 1 aliphatic rings. The molecule has 29 heavy (non-hydrogen) atoms. The van der Waals surface area contributed by atoms with Crippen molar-refractivity contribution in [3.05, 3.63) is 33.9 Å². The molecular weight excluding hydrogens is 372 g/mol. The van der Waals surface area contributed by atoms with E-state index in [1.165, 1.54) is 0 Å². The molecule has 1 aromatic rings. The Hall–Kier alpha value is -1.74. The minimum atomic E-state index is -0.325. The lowest BCUT2D eigenvalue weighted by atomic mass is 9.99. The fourth-order valence-electron chi connectivity index (χ4n) is 3.92. The third-order valence-corrected chi connectivity index (χ3v) is 5.47. The quantitative estimate of drug-likeness (QED) is 0.277. The van der Waals surface area contributed by atoms with Gasteiger partial charge >= 0.3 is 0 Å². The minimum Gasteiger partial charge on any atom is -0.395 e. The van der Waals surface area contributed by atoms with E-state index < -0.39 is 0 Å². The van der Waals surface area contributed by atoms with Crippen molar-refractivity contribution >= 4 is 11.4 Å². The first-order chi connectivity index (χ1) is 13.9. The number of nitro benzene ring substituents is 1. The van der Waals surface area contributed by atoms with Crippen molar-refractivity contribution in [1.29, 1.82) is 0 Å². The van der Waals surface area contributed by atoms with Gasteiger partial charge in [0.25, 0.3) is 5.69 Å². The van der Waals surface area contributed by atoms with Crippen molar-refractivity contribution in [2.45, 2.75) is 57.2 Å². The van der Waals surface area contributed by atoms with Crippen LogP contribution in [0.3, 0.4) is 0 Å². The fourth-order valence-corrected chi connectivity index (χ4v) is 3.92. The first kappa shape index (κ1) is 23.5. The number of unbranched alkanes of at least 4 members (excludes halogenated alkanes) is 3. The monoisotopic (exact) mass is 408 g/mol. The van der Waals surface area contributed by atoms with Gasteiger partial charge in [0, 0.05) is 31.7 Å². The highest BCUT2D eigenvalue weighted by Crippen LogP contribution is 2.26. The van der Waals surface area contributed by atoms with Crippen LogP contribution in [0.4, 0.5) is 11.4 Å². The molecule has 1 aliphatic heterocycles. The van der Waals surface area contributed by atoms with E-state index in [2.05, 4.69) is 10.2 Å². The number of hydrogen-bond acceptors (Lipinski definition) is 7. The molecule has 3 N–H and O–H groups in total. The second-order valence-electron chi connectivity index (χ2n) is 8.24. The maximum Gasteiger partial charge on any atom is 0.292 e. The first-order valence-electron chi connectivity index (χ1n) is 10.6. The van der Waals surface area contributed by atoms with Crippen molar-refractivity contribution in [2.24, 2.45) is 0 Å². The molecule has 1 saturated heterocycles. The highest BCUT2D eigenvalue weighted by atomic mass is 16.6. The lowest BCUT2D eigenvalue weighted by molar-refractivity contribution is -0.384. The summed E-state index contributed by atoms with van der Waals surface area (Å²) in [5.41, 5.74) is 1.64. The maximum absolute atomic E-state index is 11.4. The topological polar surface area (TPSA) is 102 Å². The summed E-state index contributed by atoms with van der Waals surface area (Å²) in [6.07, 6.45) is 5.32. The molecule has 0 aromatic heterocycles. The maximum atomic E-state index is 11.4. The highest BCUT2D eigenvalue weighted by Gasteiger charge is 2.26. The smallest absolute Gasteiger partial charge is 0.292 e. The van der Waals surface area contributed by atoms with Crippen molar-refractivity contribution in [3.8, 4) is 0 Å². The third kappa shape index (κ3) is 7.89. The van der Waals surface area contributed by atoms with Crippen LogP contribution >= 0.6 is 0 Å². The molecule has 2 atom stereocenters. The Labute approximate surface area is 173 Å². The summed E-state index contributed by atoms with van der Waals surface area (Å²) in [6.45, 7) is 3.29. The van der Waals surface area contributed by atoms with Crippen molar-refractivity contribution < 1.29 is 15.1 Å². The van der Waals surface area contributed by atoms with Gasteiger partial charge in [0.2, 0.25) is 0 Å². The zero-order valence-electron chi connectivity index (χ0n) is 17.7. The van der Waals surface area contributed by atoms with E-state index >= 15 is 0 Å². The minimum absolute atomic E-state index is 0.0800. The summed E-state index contributed by atoms with van der Waals surface area (Å²) in [7, 11) is 3.88. The van der Waals surface area contributed by atoms with Crippen LogP contribution in [0.5, 0.6) is 0 Å². The number of hydrogen-bond donors (Lipinski definition) is 3. The largest absolute Gasteiger partial charge is 0.395 e. The van der Waals surface area contributed by atoms with E-state index in [1.54, 1.807) is 12.1 Å². The zero-order valence-corrected chi connectivity index (χ0v) is 17.7. The predicted molar refractivity (Wildman–Crippen MR) is 115 cm³/mol. The zero-order chi connectivity index (χ0) is 21.2. The Morgan fingerprint density at radius 1 is 1.28 bits per heavy atom. The van der Waals surface area contributed by atoms with Crippen LogP contribution in [0.25, 0.3) is 0 Å². The van der Waals surface area contributed by atoms with Gasteiger partial charge in [0.15, 0.2) is 0 Å². The molecule has 0 spiro atoms. The second kappa shape index (κ2) is 12.1. The molecule has 0 amide bonds. The number of piperidine rings is 1. The molecule has 8 nitrogen and oxygen atoms in total. The van der Waals surface area contributed by atoms with E-state index in [4.69, 9.17) is 0 Å². The summed E-state index contributed by atoms with van der Waals surface area (Å²) in [4.78, 5) is 15.3. The molecule has 0 saturated carbocycles. The Kier molecular flexibility index (Phi) is 9.80. The van der Waals surface area contributed by atoms with Gasteiger partial charge in [-0.2, -0.15) is 0 Å². The SMILES string of the molecule is CN(C)Cc1ccc(NCCCCCCN2CC[C@@H](O)C[C@H]2CO)c([N+](=O)[O-])c1. The van der Waals surface area contributed by atoms with E-state index in [9.17, 15) is 20.3 Å². The first-order valence-corrected chi connectivity index (χ1v) is 10.6. The number of rotatable bonds is 12. The number of likely N-dealkylation sites (tertiary alicyclic amines) is 1. The molecule has 0 radical (unpaired) electrons. The average Bonchev–Trinajstić information content (AvgIpc) is 2.68. The Bertz CT molecular complexity index is 641. The number of benzene rings is 1. The summed E-state index contributed by atoms with van der Waals surface area (Å²) >= 11 is 0. The number of anilines is 1. The Balaban J connectivity index is 1.68. The molecule has 164 valence electrons. The van der Waals surface area contributed by atoms with E-state index in [-0.39, 0.29) is 29.4 Å². The van der Waals surface area contributed by atoms with Crippen LogP contribution in [0.15, 0.2) is 18.2 Å². The molecule has 1 heterocycles. The summed E-state index contributed by atoms with van der Waals surface area (Å²) in [5, 5.41) is 33.8. The molecule has 0 bridgehead atoms. The summed E-state index contributed by atoms with van der Waals surface area (Å²) < 4.78 is 0. The van der Waals surface area contributed by atoms with Gasteiger partial charge in [0.1, 0.15) is 5.69 Å². The van der Waals surface area contributed by atoms with Crippen molar-refractivity contribution in [2.75, 3.05) is 45.7 Å². The molecule has 1 aromatic carbocycles. The van der Waals surface area contributed by atoms with Gasteiger partial charge in [-0.05, 0) is 58.0 Å². The molecule has 8 heteroatoms. The van der Waals surface area contributed by atoms with Gasteiger partial charge < -0.3 is 20.4 Å². The van der Waals surface area contributed by atoms with Gasteiger partial charge in [0.05, 0.1) is 17.6 Å². The molecule has 0 aliphatic carbocycles. The summed E-state index contributed by atoms with van der Waals surface area (Å²) in [6, 6.07) is 5.46. The van der Waals surface area contributed by atoms with Crippen molar-refractivity contribution in [3.63, 3.8) is 0 Å². The predicted octanol–water partition coefficient (Wildman–Crippen LogP) is 2.45. The molecule has 0 unspecified atom stereocenters. The van der Waals surface area contributed by atoms with Crippen LogP contribution in [-0.4, -0.2) is 77.4 Å². The number of nitrogens with one attached hydrogen (secondary N) is 1. The van der Waals surface area contributed by atoms with E-state index in [0.29, 0.717) is 25.2 Å². The summed E-state index contributed by atoms with van der Waals surface area (Å²) in [5.74, 6) is 0. The molecule has 1 fully saturated rings. The van der Waals surface area contributed by atoms with Crippen LogP contribution in [0, 0.1) is 10.1 Å². The number of aliphatic hydroxyl groups excluding tert-OH is 2. The lowest BCUT2D eigenvalue weighted by Gasteiger charge is -2.36. The van der Waals surface area contributed by atoms with Crippen LogP contribution < -0.4 is 5.32 Å². The third-order valence-electron chi connectivity index (χ3n) is 5.47. The highest BCUT2D eigenvalue weighted by molar-refractivity contribution is 5.62. The standard InChI is InChI=1S/C21H36N4O4/c1-23(2)15-17-7-8-20(21(13-17)25(28)29)22-10-5-3-4-6-11-24-12-9-19(27)14-18(24)16-26/h7-8,13,18-19,22,26-27H,3-6,9-12,14-16H2,1-2H3/t18-,19+/m0/s1. The second-order valence-corrected chi connectivity index (χ2v) is 8.24. The van der Waals surface area contributed by atoms with E-state index in [1.807, 2.05) is 25.1 Å². The van der Waals surface area contributed by atoms with Crippen LogP contribution in [0.1, 0.15) is 44.1 Å². The van der Waals surface area contributed by atoms with Gasteiger partial charge in [-0.25, -0.2) is 0 Å². The van der Waals surface area contributed by atoms with Crippen molar-refractivity contribution in [1.82, 2.24) is 9.80 Å². The number of nitrogens with zero attached hydrogens (tertiary/aromatic N) is 3. The van der Waals surface area contributed by atoms with Gasteiger partial charge in [-0.3, -0.25) is 15.0 Å². The van der Waals surface area contributed by atoms with Crippen LogP contribution in [-0.2, 0) is 6.54 Å². The van der Waals surface area contributed by atoms with Crippen LogP contribution in [0.2, 0.25) is 0 Å². The number of aliphatic hydroxyl groups is 2. The van der Waals surface area contributed by atoms with Gasteiger partial charge in [-0.15, -0.1) is 0 Å². The van der Waals surface area contributed by atoms with E-state index in [0.717, 1.165) is 50.8 Å². The van der Waals surface area contributed by atoms with Gasteiger partial charge in [-0.1, -0.05) is 18.9 Å².